The molecule has 1 saturated heterocycles. The molecule has 0 aliphatic carbocycles. The van der Waals surface area contributed by atoms with E-state index in [0.29, 0.717) is 35.4 Å². The van der Waals surface area contributed by atoms with Gasteiger partial charge in [0.25, 0.3) is 10.2 Å². The zero-order valence-electron chi connectivity index (χ0n) is 22.7. The van der Waals surface area contributed by atoms with E-state index in [1.165, 1.54) is 22.7 Å². The minimum absolute atomic E-state index is 0.0420. The highest BCUT2D eigenvalue weighted by Crippen LogP contribution is 2.28. The number of carbonyl (C=O) groups is 1. The van der Waals surface area contributed by atoms with Crippen molar-refractivity contribution >= 4 is 21.9 Å². The van der Waals surface area contributed by atoms with E-state index in [1.54, 1.807) is 49.6 Å². The van der Waals surface area contributed by atoms with E-state index in [0.717, 1.165) is 5.69 Å². The van der Waals surface area contributed by atoms with E-state index in [-0.39, 0.29) is 32.0 Å². The molecule has 0 spiro atoms. The normalized spacial score (nSPS) is 16.4. The Morgan fingerprint density at radius 2 is 1.87 bits per heavy atom. The number of carbonyl (C=O) groups excluding carboxylic acids is 1. The Bertz CT molecular complexity index is 1380. The number of anilines is 1. The molecule has 1 fully saturated rings. The maximum atomic E-state index is 13.2. The van der Waals surface area contributed by atoms with Crippen LogP contribution in [0, 0.1) is 6.92 Å². The summed E-state index contributed by atoms with van der Waals surface area (Å²) in [5.74, 6) is 2.00. The van der Waals surface area contributed by atoms with Gasteiger partial charge in [0.2, 0.25) is 11.9 Å². The first-order valence-electron chi connectivity index (χ1n) is 12.4. The van der Waals surface area contributed by atoms with Gasteiger partial charge in [-0.05, 0) is 19.1 Å². The molecule has 0 saturated carbocycles. The maximum Gasteiger partial charge on any atom is 0.281 e. The lowest BCUT2D eigenvalue weighted by Gasteiger charge is -2.42. The van der Waals surface area contributed by atoms with Gasteiger partial charge in [0.05, 0.1) is 32.4 Å². The molecule has 1 aromatic carbocycles. The van der Waals surface area contributed by atoms with Crippen LogP contribution in [0.15, 0.2) is 43.0 Å². The standard InChI is InChI=1S/C25H34N8O5S/c1-18-13-23(29-25(28-18)31-10-9-26-17-31)33-12-11-32(39(35,36)30(2)3)16-19(33)14-24(34)27-15-20-21(37-4)7-6-8-22(20)38-5/h6-10,13,17,19H,11-12,14-16H2,1-5H3,(H,27,34). The third-order valence-corrected chi connectivity index (χ3v) is 8.41. The van der Waals surface area contributed by atoms with Gasteiger partial charge in [0.15, 0.2) is 0 Å². The van der Waals surface area contributed by atoms with E-state index in [9.17, 15) is 13.2 Å². The highest BCUT2D eigenvalue weighted by Gasteiger charge is 2.36. The van der Waals surface area contributed by atoms with Crippen molar-refractivity contribution in [2.75, 3.05) is 52.8 Å². The molecule has 3 heterocycles. The zero-order chi connectivity index (χ0) is 28.2. The number of aromatic nitrogens is 4. The summed E-state index contributed by atoms with van der Waals surface area (Å²) in [4.78, 5) is 28.5. The maximum absolute atomic E-state index is 13.2. The summed E-state index contributed by atoms with van der Waals surface area (Å²) < 4.78 is 41.0. The number of benzene rings is 1. The van der Waals surface area contributed by atoms with Crippen LogP contribution in [0.1, 0.15) is 17.7 Å². The third-order valence-electron chi connectivity index (χ3n) is 6.50. The predicted octanol–water partition coefficient (Wildman–Crippen LogP) is 0.991. The predicted molar refractivity (Wildman–Crippen MR) is 145 cm³/mol. The van der Waals surface area contributed by atoms with Gasteiger partial charge in [-0.3, -0.25) is 9.36 Å². The minimum Gasteiger partial charge on any atom is -0.496 e. The second kappa shape index (κ2) is 12.0. The van der Waals surface area contributed by atoms with Crippen molar-refractivity contribution in [1.29, 1.82) is 0 Å². The molecule has 1 amide bonds. The Balaban J connectivity index is 1.59. The summed E-state index contributed by atoms with van der Waals surface area (Å²) >= 11 is 0. The average Bonchev–Trinajstić information content (AvgIpc) is 3.46. The summed E-state index contributed by atoms with van der Waals surface area (Å²) in [6, 6.07) is 6.77. The van der Waals surface area contributed by atoms with Crippen LogP contribution in [-0.2, 0) is 21.5 Å². The fourth-order valence-corrected chi connectivity index (χ4v) is 5.63. The Kier molecular flexibility index (Phi) is 8.67. The number of ether oxygens (including phenoxy) is 2. The van der Waals surface area contributed by atoms with Gasteiger partial charge in [0.1, 0.15) is 23.6 Å². The summed E-state index contributed by atoms with van der Waals surface area (Å²) in [5, 5.41) is 2.94. The van der Waals surface area contributed by atoms with E-state index in [1.807, 2.05) is 24.0 Å². The van der Waals surface area contributed by atoms with Gasteiger partial charge < -0.3 is 19.7 Å². The SMILES string of the molecule is COc1cccc(OC)c1CNC(=O)CC1CN(S(=O)(=O)N(C)C)CCN1c1cc(C)nc(-n2ccnc2)n1. The highest BCUT2D eigenvalue weighted by atomic mass is 32.2. The van der Waals surface area contributed by atoms with Gasteiger partial charge in [-0.25, -0.2) is 9.97 Å². The van der Waals surface area contributed by atoms with Crippen molar-refractivity contribution in [3.63, 3.8) is 0 Å². The first-order valence-corrected chi connectivity index (χ1v) is 13.8. The highest BCUT2D eigenvalue weighted by molar-refractivity contribution is 7.86. The molecule has 1 unspecified atom stereocenters. The van der Waals surface area contributed by atoms with E-state index < -0.39 is 16.3 Å². The van der Waals surface area contributed by atoms with E-state index in [2.05, 4.69) is 15.3 Å². The molecule has 1 atom stereocenters. The van der Waals surface area contributed by atoms with E-state index >= 15 is 0 Å². The quantitative estimate of drug-likeness (QED) is 0.386. The fourth-order valence-electron chi connectivity index (χ4n) is 4.50. The lowest BCUT2D eigenvalue weighted by atomic mass is 10.1. The Hall–Kier alpha value is -3.75. The lowest BCUT2D eigenvalue weighted by Crippen LogP contribution is -2.58. The summed E-state index contributed by atoms with van der Waals surface area (Å²) in [7, 11) is 2.44. The molecular weight excluding hydrogens is 524 g/mol. The van der Waals surface area contributed by atoms with E-state index in [4.69, 9.17) is 14.5 Å². The largest absolute Gasteiger partial charge is 0.496 e. The van der Waals surface area contributed by atoms with Crippen LogP contribution in [0.25, 0.3) is 5.95 Å². The van der Waals surface area contributed by atoms with Crippen LogP contribution >= 0.6 is 0 Å². The molecule has 1 N–H and O–H groups in total. The van der Waals surface area contributed by atoms with Crippen LogP contribution < -0.4 is 19.7 Å². The second-order valence-corrected chi connectivity index (χ2v) is 11.4. The molecular formula is C25H34N8O5S. The molecule has 0 radical (unpaired) electrons. The number of amides is 1. The average molecular weight is 559 g/mol. The van der Waals surface area contributed by atoms with Crippen LogP contribution in [-0.4, -0.2) is 96.4 Å². The molecule has 3 aromatic rings. The Morgan fingerprint density at radius 1 is 1.15 bits per heavy atom. The first kappa shape index (κ1) is 28.3. The number of nitrogens with one attached hydrogen (secondary N) is 1. The summed E-state index contributed by atoms with van der Waals surface area (Å²) in [5.41, 5.74) is 1.45. The Morgan fingerprint density at radius 3 is 2.49 bits per heavy atom. The molecule has 4 rings (SSSR count). The van der Waals surface area contributed by atoms with Crippen molar-refractivity contribution in [2.45, 2.75) is 25.9 Å². The van der Waals surface area contributed by atoms with Crippen LogP contribution in [0.4, 0.5) is 5.82 Å². The van der Waals surface area contributed by atoms with Gasteiger partial charge >= 0.3 is 0 Å². The minimum atomic E-state index is -3.67. The van der Waals surface area contributed by atoms with Gasteiger partial charge in [-0.2, -0.15) is 22.0 Å². The van der Waals surface area contributed by atoms with Crippen molar-refractivity contribution in [3.8, 4) is 17.4 Å². The number of nitrogens with zero attached hydrogens (tertiary/aromatic N) is 7. The number of hydrogen-bond donors (Lipinski definition) is 1. The van der Waals surface area contributed by atoms with Crippen LogP contribution in [0.3, 0.4) is 0 Å². The molecule has 1 aliphatic heterocycles. The zero-order valence-corrected chi connectivity index (χ0v) is 23.6. The smallest absolute Gasteiger partial charge is 0.281 e. The molecule has 39 heavy (non-hydrogen) atoms. The number of piperazine rings is 1. The molecule has 13 nitrogen and oxygen atoms in total. The monoisotopic (exact) mass is 558 g/mol. The van der Waals surface area contributed by atoms with Crippen molar-refractivity contribution in [3.05, 3.63) is 54.2 Å². The molecule has 2 aromatic heterocycles. The first-order chi connectivity index (χ1) is 18.6. The summed E-state index contributed by atoms with van der Waals surface area (Å²) in [6.07, 6.45) is 5.04. The van der Waals surface area contributed by atoms with Crippen molar-refractivity contribution in [2.24, 2.45) is 0 Å². The number of imidazole rings is 1. The molecule has 14 heteroatoms. The van der Waals surface area contributed by atoms with Crippen molar-refractivity contribution < 1.29 is 22.7 Å². The second-order valence-electron chi connectivity index (χ2n) is 9.25. The number of methoxy groups -OCH3 is 2. The van der Waals surface area contributed by atoms with Gasteiger partial charge in [-0.1, -0.05) is 6.07 Å². The number of hydrogen-bond acceptors (Lipinski definition) is 9. The molecule has 0 bridgehead atoms. The third kappa shape index (κ3) is 6.29. The summed E-state index contributed by atoms with van der Waals surface area (Å²) in [6.45, 7) is 2.78. The molecule has 210 valence electrons. The topological polar surface area (TPSA) is 135 Å². The Labute approximate surface area is 228 Å². The van der Waals surface area contributed by atoms with Gasteiger partial charge in [0, 0.05) is 64.3 Å². The van der Waals surface area contributed by atoms with Gasteiger partial charge in [-0.15, -0.1) is 0 Å². The number of aryl methyl sites for hydroxylation is 1. The fraction of sp³-hybridized carbons (Fsp3) is 0.440. The molecule has 1 aliphatic rings. The number of rotatable bonds is 10. The lowest BCUT2D eigenvalue weighted by molar-refractivity contribution is -0.121. The van der Waals surface area contributed by atoms with Crippen LogP contribution in [0.5, 0.6) is 11.5 Å². The van der Waals surface area contributed by atoms with Crippen LogP contribution in [0.2, 0.25) is 0 Å². The van der Waals surface area contributed by atoms with Crippen molar-refractivity contribution in [1.82, 2.24) is 33.4 Å².